The quantitative estimate of drug-likeness (QED) is 0.652. The average Bonchev–Trinajstić information content (AvgIpc) is 2.55. The van der Waals surface area contributed by atoms with Crippen molar-refractivity contribution >= 4 is 32.4 Å². The van der Waals surface area contributed by atoms with Gasteiger partial charge in [0.2, 0.25) is 0 Å². The zero-order valence-electron chi connectivity index (χ0n) is 11.6. The molecule has 21 heavy (non-hydrogen) atoms. The van der Waals surface area contributed by atoms with Gasteiger partial charge in [-0.15, -0.1) is 0 Å². The molecule has 0 aromatic heterocycles. The molecule has 0 bridgehead atoms. The molecule has 0 heterocycles. The molecule has 0 aliphatic carbocycles. The smallest absolute Gasteiger partial charge is 0.119 e. The van der Waals surface area contributed by atoms with Crippen molar-refractivity contribution in [2.24, 2.45) is 0 Å². The minimum Gasteiger partial charge on any atom is -0.492 e. The van der Waals surface area contributed by atoms with Gasteiger partial charge in [0.1, 0.15) is 12.4 Å². The first kappa shape index (κ1) is 14.0. The van der Waals surface area contributed by atoms with Crippen molar-refractivity contribution in [1.82, 2.24) is 0 Å². The topological polar surface area (TPSA) is 21.3 Å². The van der Waals surface area contributed by atoms with Crippen LogP contribution >= 0.6 is 15.9 Å². The molecule has 0 atom stereocenters. The number of rotatable bonds is 5. The van der Waals surface area contributed by atoms with Crippen LogP contribution < -0.4 is 10.1 Å². The summed E-state index contributed by atoms with van der Waals surface area (Å²) in [6.45, 7) is 1.40. The maximum absolute atomic E-state index is 5.69. The highest BCUT2D eigenvalue weighted by atomic mass is 79.9. The van der Waals surface area contributed by atoms with Crippen molar-refractivity contribution in [3.05, 3.63) is 71.2 Å². The van der Waals surface area contributed by atoms with Crippen LogP contribution in [0.1, 0.15) is 0 Å². The van der Waals surface area contributed by atoms with Crippen LogP contribution in [0.3, 0.4) is 0 Å². The van der Waals surface area contributed by atoms with Crippen LogP contribution in [-0.2, 0) is 0 Å². The molecule has 3 rings (SSSR count). The maximum Gasteiger partial charge on any atom is 0.119 e. The third-order valence-electron chi connectivity index (χ3n) is 3.30. The first-order chi connectivity index (χ1) is 10.3. The van der Waals surface area contributed by atoms with Crippen molar-refractivity contribution in [1.29, 1.82) is 0 Å². The molecule has 0 aliphatic heterocycles. The lowest BCUT2D eigenvalue weighted by Crippen LogP contribution is -2.11. The van der Waals surface area contributed by atoms with Crippen LogP contribution in [0.25, 0.3) is 10.8 Å². The fourth-order valence-corrected chi connectivity index (χ4v) is 2.77. The van der Waals surface area contributed by atoms with E-state index in [9.17, 15) is 0 Å². The number of ether oxygens (including phenoxy) is 1. The highest BCUT2D eigenvalue weighted by molar-refractivity contribution is 9.10. The third-order valence-corrected chi connectivity index (χ3v) is 3.99. The lowest BCUT2D eigenvalue weighted by Gasteiger charge is -2.11. The maximum atomic E-state index is 5.69. The summed E-state index contributed by atoms with van der Waals surface area (Å²) in [5.74, 6) is 0.903. The fraction of sp³-hybridized carbons (Fsp3) is 0.111. The van der Waals surface area contributed by atoms with Crippen LogP contribution in [-0.4, -0.2) is 13.2 Å². The second-order valence-electron chi connectivity index (χ2n) is 4.73. The summed E-state index contributed by atoms with van der Waals surface area (Å²) < 4.78 is 6.81. The Morgan fingerprint density at radius 3 is 2.33 bits per heavy atom. The number of benzene rings is 3. The Morgan fingerprint density at radius 1 is 0.810 bits per heavy atom. The first-order valence-electron chi connectivity index (χ1n) is 6.93. The molecule has 0 spiro atoms. The van der Waals surface area contributed by atoms with E-state index < -0.39 is 0 Å². The number of hydrogen-bond donors (Lipinski definition) is 1. The second kappa shape index (κ2) is 6.64. The second-order valence-corrected chi connectivity index (χ2v) is 5.58. The molecule has 3 heteroatoms. The molecule has 0 saturated carbocycles. The van der Waals surface area contributed by atoms with Gasteiger partial charge in [-0.05, 0) is 29.7 Å². The van der Waals surface area contributed by atoms with Crippen LogP contribution in [0.15, 0.2) is 71.2 Å². The third kappa shape index (κ3) is 3.37. The largest absolute Gasteiger partial charge is 0.492 e. The Bertz CT molecular complexity index is 728. The normalized spacial score (nSPS) is 10.5. The van der Waals surface area contributed by atoms with E-state index in [0.29, 0.717) is 6.61 Å². The Morgan fingerprint density at radius 2 is 1.52 bits per heavy atom. The van der Waals surface area contributed by atoms with Crippen molar-refractivity contribution in [3.63, 3.8) is 0 Å². The predicted molar refractivity (Wildman–Crippen MR) is 92.1 cm³/mol. The number of nitrogens with one attached hydrogen (secondary N) is 1. The summed E-state index contributed by atoms with van der Waals surface area (Å²) in [5, 5.41) is 5.87. The summed E-state index contributed by atoms with van der Waals surface area (Å²) in [7, 11) is 0. The van der Waals surface area contributed by atoms with E-state index in [0.717, 1.165) is 22.5 Å². The molecule has 0 unspecified atom stereocenters. The van der Waals surface area contributed by atoms with Gasteiger partial charge >= 0.3 is 0 Å². The van der Waals surface area contributed by atoms with Gasteiger partial charge in [-0.1, -0.05) is 58.4 Å². The van der Waals surface area contributed by atoms with Gasteiger partial charge < -0.3 is 10.1 Å². The standard InChI is InChI=1S/C18H16BrNO/c19-17-10-11-18(16-9-5-4-8-15(16)17)20-12-13-21-14-6-2-1-3-7-14/h1-11,20H,12-13H2. The summed E-state index contributed by atoms with van der Waals surface area (Å²) in [4.78, 5) is 0. The van der Waals surface area contributed by atoms with Crippen LogP contribution in [0.5, 0.6) is 5.75 Å². The van der Waals surface area contributed by atoms with Gasteiger partial charge in [-0.3, -0.25) is 0 Å². The van der Waals surface area contributed by atoms with Gasteiger partial charge in [-0.25, -0.2) is 0 Å². The molecule has 0 aliphatic rings. The highest BCUT2D eigenvalue weighted by Gasteiger charge is 2.03. The van der Waals surface area contributed by atoms with Crippen LogP contribution in [0, 0.1) is 0 Å². The molecule has 0 fully saturated rings. The SMILES string of the molecule is Brc1ccc(NCCOc2ccccc2)c2ccccc12. The number of anilines is 1. The minimum atomic E-state index is 0.633. The minimum absolute atomic E-state index is 0.633. The van der Waals surface area contributed by atoms with Gasteiger partial charge in [0.15, 0.2) is 0 Å². The van der Waals surface area contributed by atoms with Crippen molar-refractivity contribution < 1.29 is 4.74 Å². The van der Waals surface area contributed by atoms with Gasteiger partial charge in [0, 0.05) is 22.1 Å². The zero-order valence-corrected chi connectivity index (χ0v) is 13.1. The monoisotopic (exact) mass is 341 g/mol. The van der Waals surface area contributed by atoms with E-state index in [1.54, 1.807) is 0 Å². The van der Waals surface area contributed by atoms with Crippen LogP contribution in [0.4, 0.5) is 5.69 Å². The Labute approximate surface area is 132 Å². The van der Waals surface area contributed by atoms with Gasteiger partial charge in [-0.2, -0.15) is 0 Å². The van der Waals surface area contributed by atoms with Crippen molar-refractivity contribution in [2.45, 2.75) is 0 Å². The first-order valence-corrected chi connectivity index (χ1v) is 7.73. The number of para-hydroxylation sites is 1. The van der Waals surface area contributed by atoms with E-state index in [1.807, 2.05) is 30.3 Å². The molecule has 3 aromatic carbocycles. The van der Waals surface area contributed by atoms with E-state index in [2.05, 4.69) is 57.6 Å². The average molecular weight is 342 g/mol. The molecule has 1 N–H and O–H groups in total. The molecule has 0 amide bonds. The predicted octanol–water partition coefficient (Wildman–Crippen LogP) is 5.09. The molecule has 0 saturated heterocycles. The highest BCUT2D eigenvalue weighted by Crippen LogP contribution is 2.29. The molecular weight excluding hydrogens is 326 g/mol. The van der Waals surface area contributed by atoms with Gasteiger partial charge in [0.05, 0.1) is 0 Å². The Kier molecular flexibility index (Phi) is 4.41. The molecule has 0 radical (unpaired) electrons. The Balaban J connectivity index is 1.65. The molecular formula is C18H16BrNO. The van der Waals surface area contributed by atoms with E-state index >= 15 is 0 Å². The molecule has 2 nitrogen and oxygen atoms in total. The molecule has 3 aromatic rings. The van der Waals surface area contributed by atoms with Crippen molar-refractivity contribution in [2.75, 3.05) is 18.5 Å². The fourth-order valence-electron chi connectivity index (χ4n) is 2.29. The lowest BCUT2D eigenvalue weighted by atomic mass is 10.1. The number of fused-ring (bicyclic) bond motifs is 1. The number of hydrogen-bond acceptors (Lipinski definition) is 2. The van der Waals surface area contributed by atoms with Crippen LogP contribution in [0.2, 0.25) is 0 Å². The van der Waals surface area contributed by atoms with Gasteiger partial charge in [0.25, 0.3) is 0 Å². The summed E-state index contributed by atoms with van der Waals surface area (Å²) in [6.07, 6.45) is 0. The summed E-state index contributed by atoms with van der Waals surface area (Å²) in [5.41, 5.74) is 1.13. The van der Waals surface area contributed by atoms with Crippen molar-refractivity contribution in [3.8, 4) is 5.75 Å². The van der Waals surface area contributed by atoms with E-state index in [-0.39, 0.29) is 0 Å². The molecule has 106 valence electrons. The van der Waals surface area contributed by atoms with E-state index in [1.165, 1.54) is 10.8 Å². The van der Waals surface area contributed by atoms with E-state index in [4.69, 9.17) is 4.74 Å². The number of halogens is 1. The summed E-state index contributed by atoms with van der Waals surface area (Å²) >= 11 is 3.59. The summed E-state index contributed by atoms with van der Waals surface area (Å²) in [6, 6.07) is 22.4. The Hall–Kier alpha value is -2.00. The zero-order chi connectivity index (χ0) is 14.5. The lowest BCUT2D eigenvalue weighted by molar-refractivity contribution is 0.333.